The second-order valence-corrected chi connectivity index (χ2v) is 7.54. The van der Waals surface area contributed by atoms with Gasteiger partial charge in [0.05, 0.1) is 12.2 Å². The van der Waals surface area contributed by atoms with Crippen LogP contribution in [0.2, 0.25) is 5.02 Å². The Kier molecular flexibility index (Phi) is 5.84. The second-order valence-electron chi connectivity index (χ2n) is 6.03. The number of hydrogen-bond donors (Lipinski definition) is 1. The lowest BCUT2D eigenvalue weighted by atomic mass is 10.1. The molecule has 26 heavy (non-hydrogen) atoms. The molecule has 0 saturated carbocycles. The lowest BCUT2D eigenvalue weighted by Crippen LogP contribution is -2.21. The van der Waals surface area contributed by atoms with Gasteiger partial charge in [-0.2, -0.15) is 0 Å². The van der Waals surface area contributed by atoms with E-state index < -0.39 is 0 Å². The Labute approximate surface area is 161 Å². The van der Waals surface area contributed by atoms with Crippen molar-refractivity contribution in [1.82, 2.24) is 0 Å². The number of halogens is 1. The molecule has 0 saturated heterocycles. The number of esters is 1. The number of nitrogens with one attached hydrogen (secondary N) is 1. The third-order valence-electron chi connectivity index (χ3n) is 4.15. The number of hydrogen-bond acceptors (Lipinski definition) is 5. The molecule has 1 aliphatic carbocycles. The summed E-state index contributed by atoms with van der Waals surface area (Å²) in [4.78, 5) is 25.7. The highest BCUT2D eigenvalue weighted by Crippen LogP contribution is 2.39. The molecule has 0 bridgehead atoms. The van der Waals surface area contributed by atoms with Crippen LogP contribution in [0.5, 0.6) is 5.75 Å². The first-order valence-electron chi connectivity index (χ1n) is 8.50. The van der Waals surface area contributed by atoms with Gasteiger partial charge < -0.3 is 14.8 Å². The van der Waals surface area contributed by atoms with Gasteiger partial charge in [-0.25, -0.2) is 4.79 Å². The minimum Gasteiger partial charge on any atom is -0.484 e. The van der Waals surface area contributed by atoms with E-state index in [4.69, 9.17) is 21.1 Å². The van der Waals surface area contributed by atoms with Crippen LogP contribution < -0.4 is 10.1 Å². The highest BCUT2D eigenvalue weighted by atomic mass is 35.5. The van der Waals surface area contributed by atoms with Crippen molar-refractivity contribution in [2.75, 3.05) is 18.5 Å². The van der Waals surface area contributed by atoms with Gasteiger partial charge in [-0.05, 0) is 62.4 Å². The van der Waals surface area contributed by atoms with Crippen molar-refractivity contribution in [2.24, 2.45) is 0 Å². The number of aryl methyl sites for hydroxylation is 2. The number of carbonyl (C=O) groups is 2. The van der Waals surface area contributed by atoms with Crippen molar-refractivity contribution < 1.29 is 19.1 Å². The zero-order valence-electron chi connectivity index (χ0n) is 14.7. The third kappa shape index (κ3) is 4.02. The van der Waals surface area contributed by atoms with Crippen molar-refractivity contribution in [3.63, 3.8) is 0 Å². The Morgan fingerprint density at radius 3 is 2.85 bits per heavy atom. The summed E-state index contributed by atoms with van der Waals surface area (Å²) in [7, 11) is 0. The smallest absolute Gasteiger partial charge is 0.341 e. The summed E-state index contributed by atoms with van der Waals surface area (Å²) in [6, 6.07) is 5.22. The zero-order valence-corrected chi connectivity index (χ0v) is 16.3. The maximum atomic E-state index is 12.3. The van der Waals surface area contributed by atoms with Crippen LogP contribution in [0.15, 0.2) is 18.2 Å². The quantitative estimate of drug-likeness (QED) is 0.739. The average Bonchev–Trinajstić information content (AvgIpc) is 3.16. The maximum Gasteiger partial charge on any atom is 0.341 e. The standard InChI is InChI=1S/C19H20ClNO4S/c1-3-24-19(23)17-13-5-4-6-15(13)26-18(17)21-16(22)10-25-12-7-8-14(20)11(2)9-12/h7-9H,3-6,10H2,1-2H3,(H,21,22). The topological polar surface area (TPSA) is 64.6 Å². The van der Waals surface area contributed by atoms with Gasteiger partial charge in [0.2, 0.25) is 0 Å². The van der Waals surface area contributed by atoms with Crippen LogP contribution in [0.3, 0.4) is 0 Å². The molecule has 7 heteroatoms. The van der Waals surface area contributed by atoms with Crippen molar-refractivity contribution in [1.29, 1.82) is 0 Å². The first-order chi connectivity index (χ1) is 12.5. The summed E-state index contributed by atoms with van der Waals surface area (Å²) in [5, 5.41) is 4.00. The van der Waals surface area contributed by atoms with Gasteiger partial charge in [-0.3, -0.25) is 4.79 Å². The normalized spacial score (nSPS) is 12.6. The largest absolute Gasteiger partial charge is 0.484 e. The van der Waals surface area contributed by atoms with Crippen LogP contribution >= 0.6 is 22.9 Å². The van der Waals surface area contributed by atoms with E-state index in [1.54, 1.807) is 25.1 Å². The fourth-order valence-electron chi connectivity index (χ4n) is 2.93. The molecule has 0 spiro atoms. The van der Waals surface area contributed by atoms with E-state index in [1.807, 2.05) is 6.92 Å². The van der Waals surface area contributed by atoms with Gasteiger partial charge in [0.1, 0.15) is 10.8 Å². The first kappa shape index (κ1) is 18.7. The summed E-state index contributed by atoms with van der Waals surface area (Å²) in [5.41, 5.74) is 2.39. The molecule has 0 atom stereocenters. The number of amides is 1. The molecule has 1 aromatic carbocycles. The highest BCUT2D eigenvalue weighted by Gasteiger charge is 2.28. The van der Waals surface area contributed by atoms with E-state index in [0.717, 1.165) is 35.3 Å². The average molecular weight is 394 g/mol. The molecule has 1 aliphatic rings. The van der Waals surface area contributed by atoms with Gasteiger partial charge in [-0.1, -0.05) is 11.6 Å². The lowest BCUT2D eigenvalue weighted by Gasteiger charge is -2.10. The van der Waals surface area contributed by atoms with E-state index in [-0.39, 0.29) is 18.5 Å². The molecule has 1 aromatic heterocycles. The fraction of sp³-hybridized carbons (Fsp3) is 0.368. The van der Waals surface area contributed by atoms with Gasteiger partial charge in [0.25, 0.3) is 5.91 Å². The van der Waals surface area contributed by atoms with Crippen molar-refractivity contribution in [2.45, 2.75) is 33.1 Å². The molecule has 0 fully saturated rings. The van der Waals surface area contributed by atoms with Crippen LogP contribution in [0, 0.1) is 6.92 Å². The Morgan fingerprint density at radius 2 is 2.12 bits per heavy atom. The molecule has 3 rings (SSSR count). The Balaban J connectivity index is 1.69. The van der Waals surface area contributed by atoms with Crippen LogP contribution in [0.25, 0.3) is 0 Å². The molecule has 1 heterocycles. The molecule has 0 radical (unpaired) electrons. The van der Waals surface area contributed by atoms with E-state index >= 15 is 0 Å². The van der Waals surface area contributed by atoms with Crippen LogP contribution in [-0.2, 0) is 22.4 Å². The molecular formula is C19H20ClNO4S. The molecule has 0 aliphatic heterocycles. The lowest BCUT2D eigenvalue weighted by molar-refractivity contribution is -0.118. The summed E-state index contributed by atoms with van der Waals surface area (Å²) >= 11 is 7.43. The molecular weight excluding hydrogens is 374 g/mol. The predicted molar refractivity (Wildman–Crippen MR) is 103 cm³/mol. The van der Waals surface area contributed by atoms with Gasteiger partial charge in [0.15, 0.2) is 6.61 Å². The van der Waals surface area contributed by atoms with E-state index in [0.29, 0.717) is 27.9 Å². The Bertz CT molecular complexity index is 846. The van der Waals surface area contributed by atoms with E-state index in [9.17, 15) is 9.59 Å². The van der Waals surface area contributed by atoms with Crippen molar-refractivity contribution in [3.8, 4) is 5.75 Å². The number of anilines is 1. The monoisotopic (exact) mass is 393 g/mol. The summed E-state index contributed by atoms with van der Waals surface area (Å²) in [6.45, 7) is 3.79. The van der Waals surface area contributed by atoms with Gasteiger partial charge in [-0.15, -0.1) is 11.3 Å². The third-order valence-corrected chi connectivity index (χ3v) is 5.78. The molecule has 138 valence electrons. The van der Waals surface area contributed by atoms with Crippen molar-refractivity contribution in [3.05, 3.63) is 44.8 Å². The van der Waals surface area contributed by atoms with Crippen molar-refractivity contribution >= 4 is 39.8 Å². The Morgan fingerprint density at radius 1 is 1.31 bits per heavy atom. The number of fused-ring (bicyclic) bond motifs is 1. The summed E-state index contributed by atoms with van der Waals surface area (Å²) in [5.74, 6) is -0.124. The number of thiophene rings is 1. The SMILES string of the molecule is CCOC(=O)c1c(NC(=O)COc2ccc(Cl)c(C)c2)sc2c1CCC2. The van der Waals surface area contributed by atoms with Gasteiger partial charge >= 0.3 is 5.97 Å². The van der Waals surface area contributed by atoms with E-state index in [1.165, 1.54) is 11.3 Å². The molecule has 0 unspecified atom stereocenters. The summed E-state index contributed by atoms with van der Waals surface area (Å²) < 4.78 is 10.7. The molecule has 1 amide bonds. The maximum absolute atomic E-state index is 12.3. The van der Waals surface area contributed by atoms with Gasteiger partial charge in [0, 0.05) is 9.90 Å². The van der Waals surface area contributed by atoms with Crippen LogP contribution in [-0.4, -0.2) is 25.1 Å². The zero-order chi connectivity index (χ0) is 18.7. The fourth-order valence-corrected chi connectivity index (χ4v) is 4.34. The highest BCUT2D eigenvalue weighted by molar-refractivity contribution is 7.17. The predicted octanol–water partition coefficient (Wildman–Crippen LogP) is 4.39. The minimum atomic E-state index is -0.378. The van der Waals surface area contributed by atoms with Crippen LogP contribution in [0.1, 0.15) is 39.7 Å². The molecule has 5 nitrogen and oxygen atoms in total. The van der Waals surface area contributed by atoms with E-state index in [2.05, 4.69) is 5.32 Å². The minimum absolute atomic E-state index is 0.147. The number of carbonyl (C=O) groups excluding carboxylic acids is 2. The number of benzene rings is 1. The first-order valence-corrected chi connectivity index (χ1v) is 9.69. The second kappa shape index (κ2) is 8.10. The molecule has 1 N–H and O–H groups in total. The van der Waals surface area contributed by atoms with Crippen LogP contribution in [0.4, 0.5) is 5.00 Å². The Hall–Kier alpha value is -2.05. The molecule has 2 aromatic rings. The number of ether oxygens (including phenoxy) is 2. The number of rotatable bonds is 6. The summed E-state index contributed by atoms with van der Waals surface area (Å²) in [6.07, 6.45) is 2.81.